The lowest BCUT2D eigenvalue weighted by Crippen LogP contribution is -2.05. The lowest BCUT2D eigenvalue weighted by Gasteiger charge is -2.12. The summed E-state index contributed by atoms with van der Waals surface area (Å²) in [6, 6.07) is 10.4. The van der Waals surface area contributed by atoms with Crippen LogP contribution in [0.3, 0.4) is 0 Å². The molecule has 0 heterocycles. The van der Waals surface area contributed by atoms with Crippen LogP contribution in [0.25, 0.3) is 11.1 Å². The van der Waals surface area contributed by atoms with Crippen molar-refractivity contribution >= 4 is 11.6 Å². The molecule has 0 aliphatic carbocycles. The van der Waals surface area contributed by atoms with Crippen molar-refractivity contribution in [1.82, 2.24) is 0 Å². The molecule has 0 saturated carbocycles. The van der Waals surface area contributed by atoms with Gasteiger partial charge in [0.05, 0.1) is 10.6 Å². The van der Waals surface area contributed by atoms with Gasteiger partial charge in [-0.15, -0.1) is 0 Å². The van der Waals surface area contributed by atoms with Gasteiger partial charge in [-0.25, -0.2) is 0 Å². The molecule has 20 heavy (non-hydrogen) atoms. The molecule has 106 valence electrons. The maximum Gasteiger partial charge on any atom is 0.416 e. The van der Waals surface area contributed by atoms with Crippen molar-refractivity contribution < 1.29 is 13.2 Å². The van der Waals surface area contributed by atoms with Crippen LogP contribution in [0.15, 0.2) is 42.5 Å². The summed E-state index contributed by atoms with van der Waals surface area (Å²) in [5, 5.41) is 0.456. The molecule has 0 aliphatic rings. The summed E-state index contributed by atoms with van der Waals surface area (Å²) >= 11 is 6.25. The molecule has 0 unspecified atom stereocenters. The molecule has 2 aromatic rings. The number of hydrogen-bond donors (Lipinski definition) is 1. The second kappa shape index (κ2) is 5.85. The SMILES string of the molecule is NCCc1cccc(-c2cccc(C(F)(F)F)c2)c1Cl. The van der Waals surface area contributed by atoms with Gasteiger partial charge in [-0.1, -0.05) is 41.9 Å². The number of halogens is 4. The Morgan fingerprint density at radius 2 is 1.75 bits per heavy atom. The molecule has 0 aromatic heterocycles. The molecule has 0 amide bonds. The van der Waals surface area contributed by atoms with Crippen LogP contribution in [0.2, 0.25) is 5.02 Å². The third-order valence-corrected chi connectivity index (χ3v) is 3.44. The van der Waals surface area contributed by atoms with Gasteiger partial charge >= 0.3 is 6.18 Å². The summed E-state index contributed by atoms with van der Waals surface area (Å²) < 4.78 is 38.2. The Morgan fingerprint density at radius 3 is 2.40 bits per heavy atom. The summed E-state index contributed by atoms with van der Waals surface area (Å²) in [4.78, 5) is 0. The van der Waals surface area contributed by atoms with Crippen molar-refractivity contribution in [3.63, 3.8) is 0 Å². The third-order valence-electron chi connectivity index (χ3n) is 2.99. The molecule has 0 atom stereocenters. The van der Waals surface area contributed by atoms with E-state index in [-0.39, 0.29) is 0 Å². The molecular weight excluding hydrogens is 287 g/mol. The van der Waals surface area contributed by atoms with E-state index >= 15 is 0 Å². The predicted molar refractivity (Wildman–Crippen MR) is 74.6 cm³/mol. The van der Waals surface area contributed by atoms with Gasteiger partial charge in [0.1, 0.15) is 0 Å². The standard InChI is InChI=1S/C15H13ClF3N/c16-14-10(7-8-20)3-2-6-13(14)11-4-1-5-12(9-11)15(17,18)19/h1-6,9H,7-8,20H2. The number of rotatable bonds is 3. The Morgan fingerprint density at radius 1 is 1.05 bits per heavy atom. The average Bonchev–Trinajstić information content (AvgIpc) is 2.41. The lowest BCUT2D eigenvalue weighted by atomic mass is 9.99. The highest BCUT2D eigenvalue weighted by atomic mass is 35.5. The molecule has 0 saturated heterocycles. The smallest absolute Gasteiger partial charge is 0.330 e. The molecule has 0 bridgehead atoms. The van der Waals surface area contributed by atoms with E-state index in [4.69, 9.17) is 17.3 Å². The molecular formula is C15H13ClF3N. The minimum absolute atomic E-state index is 0.436. The van der Waals surface area contributed by atoms with Gasteiger partial charge in [-0.3, -0.25) is 0 Å². The van der Waals surface area contributed by atoms with Crippen LogP contribution in [0.4, 0.5) is 13.2 Å². The van der Waals surface area contributed by atoms with Crippen LogP contribution < -0.4 is 5.73 Å². The Hall–Kier alpha value is -1.52. The first-order valence-corrected chi connectivity index (χ1v) is 6.46. The normalized spacial score (nSPS) is 11.7. The molecule has 1 nitrogen and oxygen atoms in total. The molecule has 0 spiro atoms. The molecule has 5 heteroatoms. The van der Waals surface area contributed by atoms with Crippen molar-refractivity contribution in [2.45, 2.75) is 12.6 Å². The largest absolute Gasteiger partial charge is 0.416 e. The zero-order valence-corrected chi connectivity index (χ0v) is 11.3. The molecule has 2 aromatic carbocycles. The Labute approximate surface area is 120 Å². The minimum Gasteiger partial charge on any atom is -0.330 e. The van der Waals surface area contributed by atoms with Crippen molar-refractivity contribution in [2.75, 3.05) is 6.54 Å². The van der Waals surface area contributed by atoms with Gasteiger partial charge in [0.25, 0.3) is 0 Å². The first-order chi connectivity index (χ1) is 9.43. The maximum atomic E-state index is 12.7. The van der Waals surface area contributed by atoms with Gasteiger partial charge in [-0.05, 0) is 36.2 Å². The summed E-state index contributed by atoms with van der Waals surface area (Å²) in [6.45, 7) is 0.436. The van der Waals surface area contributed by atoms with Crippen LogP contribution in [0.1, 0.15) is 11.1 Å². The highest BCUT2D eigenvalue weighted by molar-refractivity contribution is 6.34. The van der Waals surface area contributed by atoms with Crippen LogP contribution in [0.5, 0.6) is 0 Å². The average molecular weight is 300 g/mol. The monoisotopic (exact) mass is 299 g/mol. The van der Waals surface area contributed by atoms with Crippen molar-refractivity contribution in [1.29, 1.82) is 0 Å². The van der Waals surface area contributed by atoms with E-state index in [9.17, 15) is 13.2 Å². The van der Waals surface area contributed by atoms with Crippen molar-refractivity contribution in [2.24, 2.45) is 5.73 Å². The van der Waals surface area contributed by atoms with E-state index in [0.29, 0.717) is 29.1 Å². The van der Waals surface area contributed by atoms with E-state index in [1.54, 1.807) is 18.2 Å². The summed E-state index contributed by atoms with van der Waals surface area (Å²) in [5.41, 5.74) is 6.68. The van der Waals surface area contributed by atoms with E-state index in [1.165, 1.54) is 6.07 Å². The molecule has 0 aliphatic heterocycles. The third kappa shape index (κ3) is 3.14. The van der Waals surface area contributed by atoms with Crippen LogP contribution in [-0.2, 0) is 12.6 Å². The Kier molecular flexibility index (Phi) is 4.35. The maximum absolute atomic E-state index is 12.7. The van der Waals surface area contributed by atoms with E-state index in [0.717, 1.165) is 17.7 Å². The highest BCUT2D eigenvalue weighted by Gasteiger charge is 2.30. The molecule has 2 rings (SSSR count). The van der Waals surface area contributed by atoms with Gasteiger partial charge in [0.15, 0.2) is 0 Å². The Balaban J connectivity index is 2.49. The van der Waals surface area contributed by atoms with Crippen LogP contribution in [-0.4, -0.2) is 6.54 Å². The van der Waals surface area contributed by atoms with Crippen LogP contribution in [0, 0.1) is 0 Å². The second-order valence-electron chi connectivity index (χ2n) is 4.40. The second-order valence-corrected chi connectivity index (χ2v) is 4.77. The summed E-state index contributed by atoms with van der Waals surface area (Å²) in [6.07, 6.45) is -3.77. The quantitative estimate of drug-likeness (QED) is 0.885. The first kappa shape index (κ1) is 14.9. The fourth-order valence-corrected chi connectivity index (χ4v) is 2.34. The Bertz CT molecular complexity index is 608. The number of alkyl halides is 3. The van der Waals surface area contributed by atoms with Crippen molar-refractivity contribution in [3.05, 3.63) is 58.6 Å². The van der Waals surface area contributed by atoms with Gasteiger partial charge in [0.2, 0.25) is 0 Å². The number of hydrogen-bond acceptors (Lipinski definition) is 1. The van der Waals surface area contributed by atoms with Gasteiger partial charge < -0.3 is 5.73 Å². The minimum atomic E-state index is -4.36. The number of benzene rings is 2. The molecule has 2 N–H and O–H groups in total. The predicted octanol–water partition coefficient (Wildman–Crippen LogP) is 4.53. The lowest BCUT2D eigenvalue weighted by molar-refractivity contribution is -0.137. The van der Waals surface area contributed by atoms with Crippen LogP contribution >= 0.6 is 11.6 Å². The number of nitrogens with two attached hydrogens (primary N) is 1. The fraction of sp³-hybridized carbons (Fsp3) is 0.200. The van der Waals surface area contributed by atoms with E-state index in [1.807, 2.05) is 6.07 Å². The zero-order chi connectivity index (χ0) is 14.8. The zero-order valence-electron chi connectivity index (χ0n) is 10.5. The summed E-state index contributed by atoms with van der Waals surface area (Å²) in [7, 11) is 0. The van der Waals surface area contributed by atoms with E-state index in [2.05, 4.69) is 0 Å². The highest BCUT2D eigenvalue weighted by Crippen LogP contribution is 2.35. The van der Waals surface area contributed by atoms with Crippen molar-refractivity contribution in [3.8, 4) is 11.1 Å². The fourth-order valence-electron chi connectivity index (χ4n) is 2.01. The topological polar surface area (TPSA) is 26.0 Å². The van der Waals surface area contributed by atoms with Gasteiger partial charge in [0, 0.05) is 5.56 Å². The summed E-state index contributed by atoms with van der Waals surface area (Å²) in [5.74, 6) is 0. The molecule has 0 fully saturated rings. The first-order valence-electron chi connectivity index (χ1n) is 6.08. The molecule has 0 radical (unpaired) electrons. The van der Waals surface area contributed by atoms with E-state index < -0.39 is 11.7 Å². The van der Waals surface area contributed by atoms with Gasteiger partial charge in [-0.2, -0.15) is 13.2 Å².